The van der Waals surface area contributed by atoms with Crippen LogP contribution in [-0.2, 0) is 20.9 Å². The Hall–Kier alpha value is -5.15. The lowest BCUT2D eigenvalue weighted by atomic mass is 9.87. The summed E-state index contributed by atoms with van der Waals surface area (Å²) in [6.45, 7) is 2.52. The van der Waals surface area contributed by atoms with Crippen LogP contribution < -0.4 is 9.47 Å². The van der Waals surface area contributed by atoms with E-state index in [2.05, 4.69) is 29.2 Å². The molecular formula is C37H36N2O7. The Labute approximate surface area is 267 Å². The highest BCUT2D eigenvalue weighted by Crippen LogP contribution is 2.38. The second-order valence-electron chi connectivity index (χ2n) is 11.5. The van der Waals surface area contributed by atoms with Crippen LogP contribution in [0, 0.1) is 0 Å². The van der Waals surface area contributed by atoms with E-state index >= 15 is 0 Å². The number of allylic oxidation sites excluding steroid dienone is 1. The summed E-state index contributed by atoms with van der Waals surface area (Å²) in [5.74, 6) is 0.460. The summed E-state index contributed by atoms with van der Waals surface area (Å²) in [4.78, 5) is 32.0. The number of fused-ring (bicyclic) bond motifs is 3. The first-order valence-corrected chi connectivity index (χ1v) is 15.3. The Morgan fingerprint density at radius 1 is 0.957 bits per heavy atom. The number of ether oxygens (including phenoxy) is 3. The molecule has 6 rings (SSSR count). The molecule has 0 aliphatic carbocycles. The third-order valence-electron chi connectivity index (χ3n) is 8.48. The van der Waals surface area contributed by atoms with Crippen molar-refractivity contribution in [3.05, 3.63) is 108 Å². The lowest BCUT2D eigenvalue weighted by Crippen LogP contribution is -2.43. The normalized spacial score (nSPS) is 14.5. The van der Waals surface area contributed by atoms with Crippen LogP contribution in [0.1, 0.15) is 49.1 Å². The van der Waals surface area contributed by atoms with Gasteiger partial charge >= 0.3 is 5.97 Å². The van der Waals surface area contributed by atoms with Crippen LogP contribution >= 0.6 is 0 Å². The highest BCUT2D eigenvalue weighted by molar-refractivity contribution is 5.83. The van der Waals surface area contributed by atoms with E-state index in [9.17, 15) is 14.7 Å². The van der Waals surface area contributed by atoms with Gasteiger partial charge in [0.25, 0.3) is 0 Å². The SMILES string of the molecule is CO[C@@H](CC(=O)O)CC(=O)N(Cc1ccc2ccccc2c1)C(C)C(CC=Cc1nc2ccccc2o1)c1ccc2c(c1)OCO2. The van der Waals surface area contributed by atoms with Crippen LogP contribution in [-0.4, -0.2) is 52.9 Å². The zero-order valence-electron chi connectivity index (χ0n) is 25.8. The molecule has 46 heavy (non-hydrogen) atoms. The number of aromatic nitrogens is 1. The number of carbonyl (C=O) groups is 2. The largest absolute Gasteiger partial charge is 0.481 e. The fourth-order valence-electron chi connectivity index (χ4n) is 5.99. The van der Waals surface area contributed by atoms with E-state index in [1.54, 1.807) is 0 Å². The number of nitrogens with zero attached hydrogens (tertiary/aromatic N) is 2. The zero-order chi connectivity index (χ0) is 32.0. The van der Waals surface area contributed by atoms with Crippen LogP contribution in [0.5, 0.6) is 11.5 Å². The van der Waals surface area contributed by atoms with Crippen LogP contribution in [0.2, 0.25) is 0 Å². The number of carboxylic acid groups (broad SMARTS) is 1. The molecule has 9 nitrogen and oxygen atoms in total. The van der Waals surface area contributed by atoms with Gasteiger partial charge in [-0.05, 0) is 71.7 Å². The molecule has 1 aromatic heterocycles. The lowest BCUT2D eigenvalue weighted by molar-refractivity contribution is -0.142. The third-order valence-corrected chi connectivity index (χ3v) is 8.48. The molecule has 9 heteroatoms. The quantitative estimate of drug-likeness (QED) is 0.147. The molecule has 2 unspecified atom stereocenters. The number of rotatable bonds is 13. The van der Waals surface area contributed by atoms with Gasteiger partial charge in [-0.3, -0.25) is 9.59 Å². The van der Waals surface area contributed by atoms with Crippen molar-refractivity contribution in [2.75, 3.05) is 13.9 Å². The fourth-order valence-corrected chi connectivity index (χ4v) is 5.99. The van der Waals surface area contributed by atoms with Gasteiger partial charge in [0, 0.05) is 25.6 Å². The number of oxazole rings is 1. The molecule has 1 aliphatic rings. The van der Waals surface area contributed by atoms with Crippen molar-refractivity contribution in [3.8, 4) is 11.5 Å². The number of benzene rings is 4. The summed E-state index contributed by atoms with van der Waals surface area (Å²) in [6.07, 6.45) is 3.35. The summed E-state index contributed by atoms with van der Waals surface area (Å²) in [6, 6.07) is 27.4. The molecular weight excluding hydrogens is 584 g/mol. The lowest BCUT2D eigenvalue weighted by Gasteiger charge is -2.36. The van der Waals surface area contributed by atoms with E-state index in [4.69, 9.17) is 18.6 Å². The van der Waals surface area contributed by atoms with Crippen molar-refractivity contribution in [1.82, 2.24) is 9.88 Å². The standard InChI is InChI=1S/C37H36N2O7/c1-24(39(36(40)20-29(43-2)21-37(41)42)22-25-14-15-26-8-3-4-9-27(26)18-25)30(28-16-17-33-34(19-28)45-23-44-33)10-7-13-35-38-31-11-5-6-12-32(31)46-35/h3-9,11-19,24,29-30H,10,20-23H2,1-2H3,(H,41,42)/t24?,29-,30?/m1/s1. The fraction of sp³-hybridized carbons (Fsp3) is 0.270. The minimum Gasteiger partial charge on any atom is -0.481 e. The molecule has 5 aromatic rings. The van der Waals surface area contributed by atoms with E-state index in [0.717, 1.165) is 27.4 Å². The molecule has 4 aromatic carbocycles. The Balaban J connectivity index is 1.34. The van der Waals surface area contributed by atoms with Gasteiger partial charge in [0.1, 0.15) is 5.52 Å². The topological polar surface area (TPSA) is 111 Å². The van der Waals surface area contributed by atoms with Crippen LogP contribution in [0.25, 0.3) is 27.9 Å². The number of carbonyl (C=O) groups excluding carboxylic acids is 1. The van der Waals surface area contributed by atoms with Crippen LogP contribution in [0.15, 0.2) is 95.4 Å². The molecule has 0 spiro atoms. The number of amides is 1. The molecule has 0 radical (unpaired) electrons. The highest BCUT2D eigenvalue weighted by atomic mass is 16.7. The molecule has 236 valence electrons. The number of carboxylic acids is 1. The summed E-state index contributed by atoms with van der Waals surface area (Å²) in [5.41, 5.74) is 3.44. The number of aliphatic carboxylic acids is 1. The third kappa shape index (κ3) is 7.05. The summed E-state index contributed by atoms with van der Waals surface area (Å²) < 4.78 is 22.6. The molecule has 3 atom stereocenters. The zero-order valence-corrected chi connectivity index (χ0v) is 25.8. The molecule has 1 aliphatic heterocycles. The van der Waals surface area contributed by atoms with Crippen molar-refractivity contribution in [3.63, 3.8) is 0 Å². The van der Waals surface area contributed by atoms with Crippen molar-refractivity contribution < 1.29 is 33.3 Å². The van der Waals surface area contributed by atoms with Crippen molar-refractivity contribution in [2.24, 2.45) is 0 Å². The molecule has 0 saturated heterocycles. The number of para-hydroxylation sites is 2. The monoisotopic (exact) mass is 620 g/mol. The van der Waals surface area contributed by atoms with Gasteiger partial charge in [-0.25, -0.2) is 4.98 Å². The summed E-state index contributed by atoms with van der Waals surface area (Å²) in [5, 5.41) is 11.6. The van der Waals surface area contributed by atoms with Crippen molar-refractivity contribution in [1.29, 1.82) is 0 Å². The first-order valence-electron chi connectivity index (χ1n) is 15.3. The van der Waals surface area contributed by atoms with Crippen LogP contribution in [0.3, 0.4) is 0 Å². The second kappa shape index (κ2) is 13.9. The van der Waals surface area contributed by atoms with E-state index in [1.165, 1.54) is 7.11 Å². The average molecular weight is 621 g/mol. The van der Waals surface area contributed by atoms with E-state index in [-0.39, 0.29) is 37.5 Å². The minimum absolute atomic E-state index is 0.0622. The molecule has 0 bridgehead atoms. The van der Waals surface area contributed by atoms with Gasteiger partial charge in [-0.2, -0.15) is 0 Å². The highest BCUT2D eigenvalue weighted by Gasteiger charge is 2.31. The Kier molecular flexibility index (Phi) is 9.30. The summed E-state index contributed by atoms with van der Waals surface area (Å²) >= 11 is 0. The second-order valence-corrected chi connectivity index (χ2v) is 11.5. The maximum Gasteiger partial charge on any atom is 0.305 e. The van der Waals surface area contributed by atoms with Crippen molar-refractivity contribution >= 4 is 39.8 Å². The predicted octanol–water partition coefficient (Wildman–Crippen LogP) is 7.19. The van der Waals surface area contributed by atoms with Gasteiger partial charge in [-0.1, -0.05) is 60.7 Å². The van der Waals surface area contributed by atoms with Gasteiger partial charge in [0.15, 0.2) is 17.1 Å². The number of hydrogen-bond donors (Lipinski definition) is 1. The first kappa shape index (κ1) is 30.9. The first-order chi connectivity index (χ1) is 22.4. The number of methoxy groups -OCH3 is 1. The Bertz CT molecular complexity index is 1850. The summed E-state index contributed by atoms with van der Waals surface area (Å²) in [7, 11) is 1.43. The van der Waals surface area contributed by atoms with E-state index < -0.39 is 12.1 Å². The Morgan fingerprint density at radius 3 is 2.54 bits per heavy atom. The van der Waals surface area contributed by atoms with E-state index in [1.807, 2.05) is 84.6 Å². The molecule has 0 fully saturated rings. The van der Waals surface area contributed by atoms with Crippen LogP contribution in [0.4, 0.5) is 0 Å². The average Bonchev–Trinajstić information content (AvgIpc) is 3.71. The van der Waals surface area contributed by atoms with E-state index in [0.29, 0.717) is 35.9 Å². The number of hydrogen-bond acceptors (Lipinski definition) is 7. The maximum atomic E-state index is 14.1. The molecule has 0 saturated carbocycles. The molecule has 1 amide bonds. The van der Waals surface area contributed by atoms with Gasteiger partial charge < -0.3 is 28.6 Å². The van der Waals surface area contributed by atoms with Gasteiger partial charge in [0.2, 0.25) is 18.6 Å². The maximum absolute atomic E-state index is 14.1. The van der Waals surface area contributed by atoms with Gasteiger partial charge in [0.05, 0.1) is 18.9 Å². The van der Waals surface area contributed by atoms with Gasteiger partial charge in [-0.15, -0.1) is 0 Å². The minimum atomic E-state index is -1.02. The van der Waals surface area contributed by atoms with Crippen molar-refractivity contribution in [2.45, 2.75) is 50.8 Å². The smallest absolute Gasteiger partial charge is 0.305 e. The Morgan fingerprint density at radius 2 is 1.74 bits per heavy atom. The predicted molar refractivity (Wildman–Crippen MR) is 175 cm³/mol. The molecule has 2 heterocycles. The molecule has 1 N–H and O–H groups in total.